The van der Waals surface area contributed by atoms with Crippen molar-refractivity contribution >= 4 is 29.4 Å². The van der Waals surface area contributed by atoms with Crippen LogP contribution in [-0.2, 0) is 4.79 Å². The van der Waals surface area contributed by atoms with Crippen molar-refractivity contribution in [3.8, 4) is 16.9 Å². The fraction of sp³-hybridized carbons (Fsp3) is 0.154. The Morgan fingerprint density at radius 1 is 0.941 bits per heavy atom. The lowest BCUT2D eigenvalue weighted by Crippen LogP contribution is -2.48. The van der Waals surface area contributed by atoms with Crippen LogP contribution >= 0.6 is 11.6 Å². The van der Waals surface area contributed by atoms with E-state index in [0.717, 1.165) is 28.3 Å². The van der Waals surface area contributed by atoms with Crippen LogP contribution in [0.4, 0.5) is 5.82 Å². The van der Waals surface area contributed by atoms with E-state index in [1.165, 1.54) is 0 Å². The van der Waals surface area contributed by atoms with Gasteiger partial charge in [-0.1, -0.05) is 29.8 Å². The van der Waals surface area contributed by atoms with E-state index in [-0.39, 0.29) is 5.91 Å². The summed E-state index contributed by atoms with van der Waals surface area (Å²) in [6.45, 7) is 2.58. The van der Waals surface area contributed by atoms with E-state index in [2.05, 4.69) is 14.9 Å². The average molecular weight is 471 g/mol. The molecule has 0 aliphatic carbocycles. The van der Waals surface area contributed by atoms with E-state index in [9.17, 15) is 4.79 Å². The molecule has 1 aliphatic rings. The Bertz CT molecular complexity index is 1300. The molecule has 1 aliphatic heterocycles. The summed E-state index contributed by atoms with van der Waals surface area (Å²) in [4.78, 5) is 25.5. The Balaban J connectivity index is 1.33. The molecule has 0 saturated carbocycles. The molecule has 0 unspecified atom stereocenters. The fourth-order valence-electron chi connectivity index (χ4n) is 3.96. The summed E-state index contributed by atoms with van der Waals surface area (Å²) < 4.78 is 1.82. The number of piperazine rings is 1. The van der Waals surface area contributed by atoms with Gasteiger partial charge in [0.1, 0.15) is 11.5 Å². The van der Waals surface area contributed by atoms with Gasteiger partial charge in [-0.25, -0.2) is 9.67 Å². The number of nitrogens with zero attached hydrogens (tertiary/aromatic N) is 6. The minimum Gasteiger partial charge on any atom is -0.352 e. The number of aromatic nitrogens is 4. The Hall–Kier alpha value is -3.97. The zero-order valence-electron chi connectivity index (χ0n) is 18.5. The van der Waals surface area contributed by atoms with Crippen molar-refractivity contribution in [3.63, 3.8) is 0 Å². The van der Waals surface area contributed by atoms with E-state index in [4.69, 9.17) is 16.7 Å². The van der Waals surface area contributed by atoms with Gasteiger partial charge in [0, 0.05) is 68.2 Å². The standard InChI is InChI=1S/C26H23ClN6O/c27-23-9-5-13-29-26(23)32-16-14-31(15-17-32)24(34)11-10-21-19-33(22-7-2-1-3-8-22)30-25(21)20-6-4-12-28-18-20/h1-13,18-19H,14-17H2/b11-10+. The fourth-order valence-corrected chi connectivity index (χ4v) is 4.21. The number of carbonyl (C=O) groups excluding carboxylic acids is 1. The molecule has 0 N–H and O–H groups in total. The number of para-hydroxylation sites is 1. The lowest BCUT2D eigenvalue weighted by molar-refractivity contribution is -0.126. The number of carbonyl (C=O) groups is 1. The lowest BCUT2D eigenvalue weighted by Gasteiger charge is -2.35. The first-order valence-corrected chi connectivity index (χ1v) is 11.4. The van der Waals surface area contributed by atoms with Crippen molar-refractivity contribution in [1.29, 1.82) is 0 Å². The molecule has 0 atom stereocenters. The van der Waals surface area contributed by atoms with Crippen LogP contribution in [-0.4, -0.2) is 56.7 Å². The van der Waals surface area contributed by atoms with Crippen LogP contribution in [0.3, 0.4) is 0 Å². The minimum atomic E-state index is -0.0311. The molecule has 4 heterocycles. The van der Waals surface area contributed by atoms with Crippen LogP contribution < -0.4 is 4.90 Å². The number of hydrogen-bond acceptors (Lipinski definition) is 5. The second kappa shape index (κ2) is 9.89. The van der Waals surface area contributed by atoms with Gasteiger partial charge in [-0.15, -0.1) is 0 Å². The van der Waals surface area contributed by atoms with E-state index in [0.29, 0.717) is 31.2 Å². The zero-order valence-corrected chi connectivity index (χ0v) is 19.2. The summed E-state index contributed by atoms with van der Waals surface area (Å²) in [6.07, 6.45) is 10.6. The Morgan fingerprint density at radius 3 is 2.47 bits per heavy atom. The molecule has 8 heteroatoms. The van der Waals surface area contributed by atoms with Crippen molar-refractivity contribution in [2.75, 3.05) is 31.1 Å². The van der Waals surface area contributed by atoms with Gasteiger partial charge >= 0.3 is 0 Å². The van der Waals surface area contributed by atoms with Crippen LogP contribution in [0.5, 0.6) is 0 Å². The van der Waals surface area contributed by atoms with Gasteiger partial charge in [0.2, 0.25) is 5.91 Å². The second-order valence-electron chi connectivity index (χ2n) is 7.91. The van der Waals surface area contributed by atoms with Crippen LogP contribution in [0.1, 0.15) is 5.56 Å². The number of rotatable bonds is 5. The Morgan fingerprint density at radius 2 is 1.74 bits per heavy atom. The summed E-state index contributed by atoms with van der Waals surface area (Å²) >= 11 is 6.28. The van der Waals surface area contributed by atoms with Crippen molar-refractivity contribution in [3.05, 3.63) is 96.0 Å². The normalized spacial score (nSPS) is 14.0. The molecule has 34 heavy (non-hydrogen) atoms. The first-order chi connectivity index (χ1) is 16.7. The van der Waals surface area contributed by atoms with Crippen molar-refractivity contribution in [2.45, 2.75) is 0 Å². The van der Waals surface area contributed by atoms with Gasteiger partial charge in [-0.3, -0.25) is 9.78 Å². The maximum Gasteiger partial charge on any atom is 0.246 e. The summed E-state index contributed by atoms with van der Waals surface area (Å²) in [5.74, 6) is 0.734. The van der Waals surface area contributed by atoms with Gasteiger partial charge in [-0.05, 0) is 42.5 Å². The van der Waals surface area contributed by atoms with E-state index in [1.807, 2.05) is 76.5 Å². The third-order valence-corrected chi connectivity index (χ3v) is 6.03. The summed E-state index contributed by atoms with van der Waals surface area (Å²) in [6, 6.07) is 17.4. The first-order valence-electron chi connectivity index (χ1n) is 11.1. The third kappa shape index (κ3) is 4.70. The van der Waals surface area contributed by atoms with E-state index in [1.54, 1.807) is 24.7 Å². The molecule has 4 aromatic rings. The molecular formula is C26H23ClN6O. The van der Waals surface area contributed by atoms with Crippen LogP contribution in [0.15, 0.2) is 85.5 Å². The Kier molecular flexibility index (Phi) is 6.35. The van der Waals surface area contributed by atoms with Gasteiger partial charge < -0.3 is 9.80 Å². The summed E-state index contributed by atoms with van der Waals surface area (Å²) in [7, 11) is 0. The number of benzene rings is 1. The maximum absolute atomic E-state index is 12.9. The van der Waals surface area contributed by atoms with Crippen molar-refractivity contribution in [2.24, 2.45) is 0 Å². The number of halogens is 1. The molecule has 0 spiro atoms. The monoisotopic (exact) mass is 470 g/mol. The van der Waals surface area contributed by atoms with Crippen molar-refractivity contribution in [1.82, 2.24) is 24.6 Å². The molecule has 1 fully saturated rings. The summed E-state index contributed by atoms with van der Waals surface area (Å²) in [5, 5.41) is 5.39. The maximum atomic E-state index is 12.9. The SMILES string of the molecule is O=C(/C=C/c1cn(-c2ccccc2)nc1-c1cccnc1)N1CCN(c2ncccc2Cl)CC1. The Labute approximate surface area is 202 Å². The number of hydrogen-bond donors (Lipinski definition) is 0. The average Bonchev–Trinajstić information content (AvgIpc) is 3.33. The molecule has 0 bridgehead atoms. The topological polar surface area (TPSA) is 67.2 Å². The molecule has 3 aromatic heterocycles. The predicted octanol–water partition coefficient (Wildman–Crippen LogP) is 4.34. The van der Waals surface area contributed by atoms with Crippen molar-refractivity contribution < 1.29 is 4.79 Å². The highest BCUT2D eigenvalue weighted by Gasteiger charge is 2.22. The van der Waals surface area contributed by atoms with Gasteiger partial charge in [0.25, 0.3) is 0 Å². The molecule has 170 valence electrons. The highest BCUT2D eigenvalue weighted by molar-refractivity contribution is 6.32. The highest BCUT2D eigenvalue weighted by Crippen LogP contribution is 2.25. The van der Waals surface area contributed by atoms with Gasteiger partial charge in [0.05, 0.1) is 10.7 Å². The number of pyridine rings is 2. The molecule has 5 rings (SSSR count). The van der Waals surface area contributed by atoms with Crippen LogP contribution in [0, 0.1) is 0 Å². The number of amides is 1. The van der Waals surface area contributed by atoms with Crippen LogP contribution in [0.25, 0.3) is 23.0 Å². The largest absolute Gasteiger partial charge is 0.352 e. The number of anilines is 1. The van der Waals surface area contributed by atoms with Gasteiger partial charge in [0.15, 0.2) is 0 Å². The predicted molar refractivity (Wildman–Crippen MR) is 134 cm³/mol. The zero-order chi connectivity index (χ0) is 23.3. The van der Waals surface area contributed by atoms with E-state index >= 15 is 0 Å². The first kappa shape index (κ1) is 21.9. The van der Waals surface area contributed by atoms with Gasteiger partial charge in [-0.2, -0.15) is 5.10 Å². The third-order valence-electron chi connectivity index (χ3n) is 5.73. The minimum absolute atomic E-state index is 0.0311. The molecule has 1 aromatic carbocycles. The quantitative estimate of drug-likeness (QED) is 0.406. The van der Waals surface area contributed by atoms with E-state index < -0.39 is 0 Å². The molecule has 1 amide bonds. The van der Waals surface area contributed by atoms with Crippen LogP contribution in [0.2, 0.25) is 5.02 Å². The molecule has 7 nitrogen and oxygen atoms in total. The highest BCUT2D eigenvalue weighted by atomic mass is 35.5. The molecular weight excluding hydrogens is 448 g/mol. The summed E-state index contributed by atoms with van der Waals surface area (Å²) in [5.41, 5.74) is 3.47. The molecule has 0 radical (unpaired) electrons. The second-order valence-corrected chi connectivity index (χ2v) is 8.32. The molecule has 1 saturated heterocycles. The lowest BCUT2D eigenvalue weighted by atomic mass is 10.1. The smallest absolute Gasteiger partial charge is 0.246 e.